The highest BCUT2D eigenvalue weighted by Crippen LogP contribution is 2.25. The van der Waals surface area contributed by atoms with Crippen LogP contribution in [0.15, 0.2) is 24.3 Å². The molecule has 112 valence electrons. The van der Waals surface area contributed by atoms with Crippen LogP contribution in [-0.2, 0) is 16.1 Å². The minimum Gasteiger partial charge on any atom is -0.461 e. The van der Waals surface area contributed by atoms with Gasteiger partial charge in [-0.1, -0.05) is 24.3 Å². The Morgan fingerprint density at radius 1 is 1.29 bits per heavy atom. The quantitative estimate of drug-likeness (QED) is 0.827. The molecular formula is C15H19N3O3. The van der Waals surface area contributed by atoms with Gasteiger partial charge < -0.3 is 9.47 Å². The molecule has 0 aliphatic carbocycles. The van der Waals surface area contributed by atoms with Crippen molar-refractivity contribution in [3.63, 3.8) is 0 Å². The predicted octanol–water partition coefficient (Wildman–Crippen LogP) is 2.57. The number of H-pyrrole nitrogens is 1. The van der Waals surface area contributed by atoms with Crippen LogP contribution in [0.3, 0.4) is 0 Å². The summed E-state index contributed by atoms with van der Waals surface area (Å²) in [5, 5.41) is 10.5. The first-order valence-corrected chi connectivity index (χ1v) is 6.91. The second-order valence-electron chi connectivity index (χ2n) is 4.76. The minimum atomic E-state index is -0.485. The number of hydrogen-bond donors (Lipinski definition) is 1. The molecule has 6 heteroatoms. The standard InChI is InChI=1S/C15H19N3O3/c1-4-20-15(19)14-13(16-18-17-14)12-8-6-5-7-11(12)9-21-10(2)3/h5-8,10H,4,9H2,1-3H3,(H,16,17,18). The average Bonchev–Trinajstić information content (AvgIpc) is 2.95. The zero-order chi connectivity index (χ0) is 15.2. The van der Waals surface area contributed by atoms with E-state index in [1.165, 1.54) is 0 Å². The third-order valence-corrected chi connectivity index (χ3v) is 2.86. The van der Waals surface area contributed by atoms with Gasteiger partial charge in [0.05, 0.1) is 19.3 Å². The van der Waals surface area contributed by atoms with Gasteiger partial charge >= 0.3 is 5.97 Å². The molecule has 1 heterocycles. The van der Waals surface area contributed by atoms with Gasteiger partial charge in [0.15, 0.2) is 5.69 Å². The average molecular weight is 289 g/mol. The van der Waals surface area contributed by atoms with E-state index in [1.54, 1.807) is 6.92 Å². The molecule has 0 saturated heterocycles. The number of nitrogens with zero attached hydrogens (tertiary/aromatic N) is 2. The van der Waals surface area contributed by atoms with E-state index in [0.717, 1.165) is 11.1 Å². The number of hydrogen-bond acceptors (Lipinski definition) is 5. The number of rotatable bonds is 6. The Morgan fingerprint density at radius 3 is 2.76 bits per heavy atom. The Morgan fingerprint density at radius 2 is 2.05 bits per heavy atom. The molecule has 0 amide bonds. The smallest absolute Gasteiger partial charge is 0.361 e. The van der Waals surface area contributed by atoms with Crippen LogP contribution in [0.4, 0.5) is 0 Å². The van der Waals surface area contributed by atoms with Crippen molar-refractivity contribution in [1.29, 1.82) is 0 Å². The van der Waals surface area contributed by atoms with Crippen molar-refractivity contribution >= 4 is 5.97 Å². The topological polar surface area (TPSA) is 77.1 Å². The van der Waals surface area contributed by atoms with Gasteiger partial charge in [-0.3, -0.25) is 0 Å². The van der Waals surface area contributed by atoms with Crippen LogP contribution in [0, 0.1) is 0 Å². The van der Waals surface area contributed by atoms with Crippen LogP contribution in [0.25, 0.3) is 11.3 Å². The first kappa shape index (κ1) is 15.2. The summed E-state index contributed by atoms with van der Waals surface area (Å²) in [7, 11) is 0. The summed E-state index contributed by atoms with van der Waals surface area (Å²) < 4.78 is 10.6. The second kappa shape index (κ2) is 6.99. The zero-order valence-corrected chi connectivity index (χ0v) is 12.4. The van der Waals surface area contributed by atoms with Gasteiger partial charge in [-0.2, -0.15) is 10.3 Å². The largest absolute Gasteiger partial charge is 0.461 e. The third kappa shape index (κ3) is 3.66. The summed E-state index contributed by atoms with van der Waals surface area (Å²) in [6.07, 6.45) is 0.125. The fourth-order valence-corrected chi connectivity index (χ4v) is 1.89. The second-order valence-corrected chi connectivity index (χ2v) is 4.76. The van der Waals surface area contributed by atoms with Gasteiger partial charge in [0.1, 0.15) is 5.69 Å². The fraction of sp³-hybridized carbons (Fsp3) is 0.400. The Labute approximate surface area is 123 Å². The van der Waals surface area contributed by atoms with E-state index >= 15 is 0 Å². The van der Waals surface area contributed by atoms with Crippen LogP contribution < -0.4 is 0 Å². The predicted molar refractivity (Wildman–Crippen MR) is 77.7 cm³/mol. The van der Waals surface area contributed by atoms with E-state index in [0.29, 0.717) is 18.9 Å². The Kier molecular flexibility index (Phi) is 5.05. The number of esters is 1. The number of aromatic amines is 1. The third-order valence-electron chi connectivity index (χ3n) is 2.86. The normalized spacial score (nSPS) is 10.9. The van der Waals surface area contributed by atoms with E-state index < -0.39 is 5.97 Å². The molecule has 0 bridgehead atoms. The molecule has 0 unspecified atom stereocenters. The molecule has 2 rings (SSSR count). The van der Waals surface area contributed by atoms with Crippen LogP contribution in [0.5, 0.6) is 0 Å². The van der Waals surface area contributed by atoms with Crippen LogP contribution in [0.1, 0.15) is 36.8 Å². The van der Waals surface area contributed by atoms with Crippen molar-refractivity contribution in [2.75, 3.05) is 6.61 Å². The van der Waals surface area contributed by atoms with Gasteiger partial charge in [0, 0.05) is 5.56 Å². The van der Waals surface area contributed by atoms with Gasteiger partial charge in [0.2, 0.25) is 0 Å². The molecular weight excluding hydrogens is 270 g/mol. The summed E-state index contributed by atoms with van der Waals surface area (Å²) in [6, 6.07) is 7.64. The van der Waals surface area contributed by atoms with Crippen LogP contribution in [0.2, 0.25) is 0 Å². The number of aromatic nitrogens is 3. The molecule has 1 aromatic heterocycles. The lowest BCUT2D eigenvalue weighted by atomic mass is 10.0. The van der Waals surface area contributed by atoms with Crippen molar-refractivity contribution in [1.82, 2.24) is 15.4 Å². The highest BCUT2D eigenvalue weighted by molar-refractivity contribution is 5.94. The van der Waals surface area contributed by atoms with Crippen molar-refractivity contribution < 1.29 is 14.3 Å². The van der Waals surface area contributed by atoms with Crippen molar-refractivity contribution in [3.05, 3.63) is 35.5 Å². The molecule has 0 aliphatic rings. The summed E-state index contributed by atoms with van der Waals surface area (Å²) in [4.78, 5) is 11.9. The molecule has 1 aromatic carbocycles. The summed E-state index contributed by atoms with van der Waals surface area (Å²) in [5.74, 6) is -0.485. The maximum absolute atomic E-state index is 11.9. The van der Waals surface area contributed by atoms with Gasteiger partial charge in [-0.25, -0.2) is 4.79 Å². The lowest BCUT2D eigenvalue weighted by Crippen LogP contribution is -2.08. The van der Waals surface area contributed by atoms with Crippen LogP contribution in [-0.4, -0.2) is 34.1 Å². The summed E-state index contributed by atoms with van der Waals surface area (Å²) >= 11 is 0. The molecule has 0 aliphatic heterocycles. The van der Waals surface area contributed by atoms with Crippen molar-refractivity contribution in [2.24, 2.45) is 0 Å². The van der Waals surface area contributed by atoms with E-state index in [4.69, 9.17) is 9.47 Å². The number of carbonyl (C=O) groups excluding carboxylic acids is 1. The monoisotopic (exact) mass is 289 g/mol. The maximum Gasteiger partial charge on any atom is 0.361 e. The molecule has 21 heavy (non-hydrogen) atoms. The van der Waals surface area contributed by atoms with E-state index in [2.05, 4.69) is 15.4 Å². The highest BCUT2D eigenvalue weighted by atomic mass is 16.5. The zero-order valence-electron chi connectivity index (χ0n) is 12.4. The minimum absolute atomic E-state index is 0.125. The Hall–Kier alpha value is -2.21. The van der Waals surface area contributed by atoms with E-state index in [9.17, 15) is 4.79 Å². The highest BCUT2D eigenvalue weighted by Gasteiger charge is 2.20. The Balaban J connectivity index is 2.34. The SMILES string of the molecule is CCOC(=O)c1n[nH]nc1-c1ccccc1COC(C)C. The van der Waals surface area contributed by atoms with Gasteiger partial charge in [-0.15, -0.1) is 5.10 Å². The van der Waals surface area contributed by atoms with E-state index in [-0.39, 0.29) is 11.8 Å². The summed E-state index contributed by atoms with van der Waals surface area (Å²) in [5.41, 5.74) is 2.44. The molecule has 0 atom stereocenters. The molecule has 0 radical (unpaired) electrons. The number of nitrogens with one attached hydrogen (secondary N) is 1. The molecule has 0 saturated carbocycles. The van der Waals surface area contributed by atoms with E-state index in [1.807, 2.05) is 38.1 Å². The first-order chi connectivity index (χ1) is 10.1. The first-order valence-electron chi connectivity index (χ1n) is 6.91. The lowest BCUT2D eigenvalue weighted by molar-refractivity contribution is 0.0520. The summed E-state index contributed by atoms with van der Waals surface area (Å²) in [6.45, 7) is 6.44. The van der Waals surface area contributed by atoms with Crippen molar-refractivity contribution in [2.45, 2.75) is 33.5 Å². The van der Waals surface area contributed by atoms with Crippen molar-refractivity contribution in [3.8, 4) is 11.3 Å². The van der Waals surface area contributed by atoms with Crippen LogP contribution >= 0.6 is 0 Å². The Bertz CT molecular complexity index is 608. The number of carbonyl (C=O) groups is 1. The molecule has 0 fully saturated rings. The number of benzene rings is 1. The molecule has 1 N–H and O–H groups in total. The molecule has 2 aromatic rings. The van der Waals surface area contributed by atoms with Gasteiger partial charge in [-0.05, 0) is 26.3 Å². The maximum atomic E-state index is 11.9. The molecule has 6 nitrogen and oxygen atoms in total. The lowest BCUT2D eigenvalue weighted by Gasteiger charge is -2.11. The number of ether oxygens (including phenoxy) is 2. The fourth-order valence-electron chi connectivity index (χ4n) is 1.89. The molecule has 0 spiro atoms. The van der Waals surface area contributed by atoms with Gasteiger partial charge in [0.25, 0.3) is 0 Å².